The van der Waals surface area contributed by atoms with E-state index in [1.54, 1.807) is 0 Å². The minimum Gasteiger partial charge on any atom is -0.355 e. The highest BCUT2D eigenvalue weighted by Gasteiger charge is 2.15. The van der Waals surface area contributed by atoms with Crippen LogP contribution in [0.3, 0.4) is 0 Å². The predicted octanol–water partition coefficient (Wildman–Crippen LogP) is 3.11. The van der Waals surface area contributed by atoms with Crippen LogP contribution in [0.2, 0.25) is 5.02 Å². The number of halogens is 1. The van der Waals surface area contributed by atoms with Gasteiger partial charge in [-0.2, -0.15) is 0 Å². The number of thioether (sulfide) groups is 1. The van der Waals surface area contributed by atoms with Crippen molar-refractivity contribution in [2.75, 3.05) is 12.3 Å². The monoisotopic (exact) mass is 364 g/mol. The number of benzene rings is 1. The normalized spacial score (nSPS) is 14.0. The molecule has 0 unspecified atom stereocenters. The van der Waals surface area contributed by atoms with Crippen molar-refractivity contribution in [2.24, 2.45) is 0 Å². The highest BCUT2D eigenvalue weighted by Crippen LogP contribution is 2.21. The lowest BCUT2D eigenvalue weighted by molar-refractivity contribution is -0.118. The van der Waals surface area contributed by atoms with Crippen LogP contribution in [0, 0.1) is 0 Å². The first-order valence-corrected chi connectivity index (χ1v) is 9.65. The molecule has 24 heavy (non-hydrogen) atoms. The van der Waals surface area contributed by atoms with Gasteiger partial charge in [-0.05, 0) is 37.0 Å². The smallest absolute Gasteiger partial charge is 0.230 e. The van der Waals surface area contributed by atoms with Gasteiger partial charge in [0.05, 0.1) is 5.75 Å². The van der Waals surface area contributed by atoms with Crippen LogP contribution in [0.4, 0.5) is 0 Å². The van der Waals surface area contributed by atoms with Crippen molar-refractivity contribution in [3.8, 4) is 0 Å². The van der Waals surface area contributed by atoms with Crippen molar-refractivity contribution in [2.45, 2.75) is 43.8 Å². The van der Waals surface area contributed by atoms with E-state index < -0.39 is 0 Å². The molecule has 0 fully saturated rings. The van der Waals surface area contributed by atoms with Crippen LogP contribution in [0.15, 0.2) is 29.4 Å². The second-order valence-corrected chi connectivity index (χ2v) is 7.26. The van der Waals surface area contributed by atoms with Crippen LogP contribution in [-0.2, 0) is 24.2 Å². The third kappa shape index (κ3) is 4.74. The molecule has 0 saturated heterocycles. The number of fused-ring (bicyclic) bond motifs is 1. The molecule has 7 heteroatoms. The molecule has 0 bridgehead atoms. The molecule has 0 atom stereocenters. The van der Waals surface area contributed by atoms with E-state index in [1.807, 2.05) is 24.3 Å². The van der Waals surface area contributed by atoms with Gasteiger partial charge in [0.2, 0.25) is 5.91 Å². The van der Waals surface area contributed by atoms with E-state index in [2.05, 4.69) is 20.1 Å². The van der Waals surface area contributed by atoms with Crippen LogP contribution < -0.4 is 5.32 Å². The molecule has 1 aliphatic heterocycles. The average Bonchev–Trinajstić information content (AvgIpc) is 2.81. The van der Waals surface area contributed by atoms with E-state index in [0.717, 1.165) is 47.4 Å². The van der Waals surface area contributed by atoms with E-state index >= 15 is 0 Å². The molecule has 1 N–H and O–H groups in total. The predicted molar refractivity (Wildman–Crippen MR) is 96.5 cm³/mol. The SMILES string of the molecule is O=C(CSc1nnc2n1CCCCC2)NCCc1ccc(Cl)cc1. The van der Waals surface area contributed by atoms with E-state index in [4.69, 9.17) is 11.6 Å². The molecule has 3 rings (SSSR count). The summed E-state index contributed by atoms with van der Waals surface area (Å²) in [6.07, 6.45) is 5.35. The number of aryl methyl sites for hydroxylation is 1. The summed E-state index contributed by atoms with van der Waals surface area (Å²) in [6, 6.07) is 7.69. The molecule has 1 amide bonds. The minimum absolute atomic E-state index is 0.0277. The van der Waals surface area contributed by atoms with Crippen LogP contribution >= 0.6 is 23.4 Å². The Balaban J connectivity index is 1.43. The average molecular weight is 365 g/mol. The van der Waals surface area contributed by atoms with E-state index in [1.165, 1.54) is 24.6 Å². The summed E-state index contributed by atoms with van der Waals surface area (Å²) in [5.74, 6) is 1.46. The summed E-state index contributed by atoms with van der Waals surface area (Å²) < 4.78 is 2.17. The first kappa shape index (κ1) is 17.3. The largest absolute Gasteiger partial charge is 0.355 e. The zero-order chi connectivity index (χ0) is 16.8. The first-order valence-electron chi connectivity index (χ1n) is 8.28. The van der Waals surface area contributed by atoms with Crippen LogP contribution in [0.5, 0.6) is 0 Å². The second kappa shape index (κ2) is 8.53. The quantitative estimate of drug-likeness (QED) is 0.800. The van der Waals surface area contributed by atoms with Gasteiger partial charge in [0.25, 0.3) is 0 Å². The molecular weight excluding hydrogens is 344 g/mol. The number of hydrogen-bond donors (Lipinski definition) is 1. The Kier molecular flexibility index (Phi) is 6.15. The fourth-order valence-electron chi connectivity index (χ4n) is 2.74. The molecule has 0 spiro atoms. The Morgan fingerprint density at radius 3 is 2.88 bits per heavy atom. The number of amides is 1. The minimum atomic E-state index is 0.0277. The summed E-state index contributed by atoms with van der Waals surface area (Å²) in [5, 5.41) is 13.0. The van der Waals surface area contributed by atoms with E-state index in [0.29, 0.717) is 12.3 Å². The molecule has 1 aromatic heterocycles. The van der Waals surface area contributed by atoms with Gasteiger partial charge in [-0.25, -0.2) is 0 Å². The lowest BCUT2D eigenvalue weighted by atomic mass is 10.1. The fourth-order valence-corrected chi connectivity index (χ4v) is 3.68. The Morgan fingerprint density at radius 2 is 2.04 bits per heavy atom. The Hall–Kier alpha value is -1.53. The zero-order valence-electron chi connectivity index (χ0n) is 13.5. The van der Waals surface area contributed by atoms with Crippen molar-refractivity contribution in [1.82, 2.24) is 20.1 Å². The number of carbonyl (C=O) groups is 1. The molecule has 0 saturated carbocycles. The lowest BCUT2D eigenvalue weighted by Gasteiger charge is -2.07. The van der Waals surface area contributed by atoms with E-state index in [-0.39, 0.29) is 5.91 Å². The van der Waals surface area contributed by atoms with Gasteiger partial charge in [0.15, 0.2) is 5.16 Å². The summed E-state index contributed by atoms with van der Waals surface area (Å²) in [6.45, 7) is 1.59. The number of rotatable bonds is 6. The van der Waals surface area contributed by atoms with Crippen molar-refractivity contribution in [3.05, 3.63) is 40.7 Å². The van der Waals surface area contributed by atoms with Crippen molar-refractivity contribution < 1.29 is 4.79 Å². The molecular formula is C17H21ClN4OS. The Morgan fingerprint density at radius 1 is 1.21 bits per heavy atom. The number of aromatic nitrogens is 3. The van der Waals surface area contributed by atoms with Crippen molar-refractivity contribution in [1.29, 1.82) is 0 Å². The third-order valence-electron chi connectivity index (χ3n) is 4.06. The fraction of sp³-hybridized carbons (Fsp3) is 0.471. The second-order valence-electron chi connectivity index (χ2n) is 5.88. The van der Waals surface area contributed by atoms with Gasteiger partial charge in [-0.3, -0.25) is 4.79 Å². The molecule has 2 heterocycles. The summed E-state index contributed by atoms with van der Waals surface area (Å²) in [5.41, 5.74) is 1.16. The van der Waals surface area contributed by atoms with Crippen LogP contribution in [0.1, 0.15) is 30.7 Å². The van der Waals surface area contributed by atoms with Gasteiger partial charge < -0.3 is 9.88 Å². The molecule has 128 valence electrons. The summed E-state index contributed by atoms with van der Waals surface area (Å²) >= 11 is 7.33. The van der Waals surface area contributed by atoms with Crippen LogP contribution in [0.25, 0.3) is 0 Å². The molecule has 2 aromatic rings. The van der Waals surface area contributed by atoms with Gasteiger partial charge in [-0.15, -0.1) is 10.2 Å². The number of nitrogens with zero attached hydrogens (tertiary/aromatic N) is 3. The standard InChI is InChI=1S/C17H21ClN4OS/c18-14-7-5-13(6-8-14)9-10-19-16(23)12-24-17-21-20-15-4-2-1-3-11-22(15)17/h5-8H,1-4,9-12H2,(H,19,23). The van der Waals surface area contributed by atoms with Crippen LogP contribution in [-0.4, -0.2) is 33.0 Å². The lowest BCUT2D eigenvalue weighted by Crippen LogP contribution is -2.27. The first-order chi connectivity index (χ1) is 11.7. The van der Waals surface area contributed by atoms with Gasteiger partial charge in [-0.1, -0.05) is 41.9 Å². The maximum absolute atomic E-state index is 12.0. The number of nitrogens with one attached hydrogen (secondary N) is 1. The third-order valence-corrected chi connectivity index (χ3v) is 5.28. The highest BCUT2D eigenvalue weighted by atomic mass is 35.5. The number of hydrogen-bond acceptors (Lipinski definition) is 4. The highest BCUT2D eigenvalue weighted by molar-refractivity contribution is 7.99. The van der Waals surface area contributed by atoms with Gasteiger partial charge in [0.1, 0.15) is 5.82 Å². The molecule has 5 nitrogen and oxygen atoms in total. The van der Waals surface area contributed by atoms with Crippen molar-refractivity contribution >= 4 is 29.3 Å². The summed E-state index contributed by atoms with van der Waals surface area (Å²) in [7, 11) is 0. The van der Waals surface area contributed by atoms with E-state index in [9.17, 15) is 4.79 Å². The molecule has 0 radical (unpaired) electrons. The maximum Gasteiger partial charge on any atom is 0.230 e. The Labute approximate surface area is 151 Å². The van der Waals surface area contributed by atoms with Gasteiger partial charge >= 0.3 is 0 Å². The van der Waals surface area contributed by atoms with Gasteiger partial charge in [0, 0.05) is 24.5 Å². The summed E-state index contributed by atoms with van der Waals surface area (Å²) in [4.78, 5) is 12.0. The topological polar surface area (TPSA) is 59.8 Å². The number of carbonyl (C=O) groups excluding carboxylic acids is 1. The molecule has 1 aliphatic rings. The zero-order valence-corrected chi connectivity index (χ0v) is 15.1. The molecule has 1 aromatic carbocycles. The Bertz CT molecular complexity index is 686. The molecule has 0 aliphatic carbocycles. The van der Waals surface area contributed by atoms with Crippen molar-refractivity contribution in [3.63, 3.8) is 0 Å². The maximum atomic E-state index is 12.0.